The summed E-state index contributed by atoms with van der Waals surface area (Å²) >= 11 is 6.22. The van der Waals surface area contributed by atoms with Crippen LogP contribution in [0, 0.1) is 0 Å². The van der Waals surface area contributed by atoms with Crippen LogP contribution in [0.3, 0.4) is 0 Å². The van der Waals surface area contributed by atoms with Gasteiger partial charge in [0.15, 0.2) is 0 Å². The van der Waals surface area contributed by atoms with Crippen LogP contribution in [0.25, 0.3) is 6.08 Å². The lowest BCUT2D eigenvalue weighted by Crippen LogP contribution is -2.48. The Hall–Kier alpha value is -1.66. The Balaban J connectivity index is 2.26. The molecule has 1 aliphatic rings. The number of aliphatic carboxylic acids is 1. The summed E-state index contributed by atoms with van der Waals surface area (Å²) < 4.78 is 0.240. The van der Waals surface area contributed by atoms with Gasteiger partial charge in [0.1, 0.15) is 4.32 Å². The fraction of sp³-hybridized carbons (Fsp3) is 0.353. The maximum Gasteiger partial charge on any atom is 0.266 e. The summed E-state index contributed by atoms with van der Waals surface area (Å²) in [5.74, 6) is -1.71. The molecule has 0 spiro atoms. The Labute approximate surface area is 145 Å². The van der Waals surface area contributed by atoms with Crippen LogP contribution in [0.15, 0.2) is 29.2 Å². The average Bonchev–Trinajstić information content (AvgIpc) is 2.72. The van der Waals surface area contributed by atoms with Crippen molar-refractivity contribution >= 4 is 46.3 Å². The SMILES string of the molecule is C[C@@H](C(=O)[O-])N1C(=O)/C(=C\c2ccc(C(C)(C)C)cc2)SC1=S. The lowest BCUT2D eigenvalue weighted by atomic mass is 9.87. The standard InChI is InChI=1S/C17H19NO3S2/c1-10(15(20)21)18-14(19)13(23-16(18)22)9-11-5-7-12(8-6-11)17(2,3)4/h5-10H,1-4H3,(H,20,21)/p-1/b13-9+/t10-/m0/s1. The van der Waals surface area contributed by atoms with Crippen LogP contribution in [-0.4, -0.2) is 27.1 Å². The molecule has 1 aromatic carbocycles. The zero-order valence-electron chi connectivity index (χ0n) is 13.5. The predicted octanol–water partition coefficient (Wildman–Crippen LogP) is 2.32. The number of carboxylic acid groups (broad SMARTS) is 1. The molecule has 23 heavy (non-hydrogen) atoms. The summed E-state index contributed by atoms with van der Waals surface area (Å²) in [6.45, 7) is 7.79. The first-order valence-corrected chi connectivity index (χ1v) is 8.42. The largest absolute Gasteiger partial charge is 0.548 e. The third-order valence-corrected chi connectivity index (χ3v) is 4.96. The fourth-order valence-electron chi connectivity index (χ4n) is 2.15. The molecule has 0 saturated carbocycles. The molecule has 2 rings (SSSR count). The number of carboxylic acids is 1. The van der Waals surface area contributed by atoms with Crippen molar-refractivity contribution in [1.29, 1.82) is 0 Å². The van der Waals surface area contributed by atoms with Gasteiger partial charge in [-0.2, -0.15) is 0 Å². The van der Waals surface area contributed by atoms with Crippen LogP contribution in [0.2, 0.25) is 0 Å². The van der Waals surface area contributed by atoms with Gasteiger partial charge in [0.25, 0.3) is 5.91 Å². The predicted molar refractivity (Wildman–Crippen MR) is 94.6 cm³/mol. The number of amides is 1. The molecule has 0 unspecified atom stereocenters. The number of thiocarbonyl (C=S) groups is 1. The Morgan fingerprint density at radius 2 is 1.87 bits per heavy atom. The first-order valence-electron chi connectivity index (χ1n) is 7.19. The number of thioether (sulfide) groups is 1. The van der Waals surface area contributed by atoms with Crippen molar-refractivity contribution in [3.8, 4) is 0 Å². The van der Waals surface area contributed by atoms with E-state index in [9.17, 15) is 14.7 Å². The van der Waals surface area contributed by atoms with Crippen molar-refractivity contribution in [2.75, 3.05) is 0 Å². The summed E-state index contributed by atoms with van der Waals surface area (Å²) in [4.78, 5) is 24.8. The third-order valence-electron chi connectivity index (χ3n) is 3.63. The highest BCUT2D eigenvalue weighted by Gasteiger charge is 2.35. The van der Waals surface area contributed by atoms with E-state index < -0.39 is 17.9 Å². The Bertz CT molecular complexity index is 687. The van der Waals surface area contributed by atoms with Crippen LogP contribution in [0.4, 0.5) is 0 Å². The van der Waals surface area contributed by atoms with E-state index in [1.54, 1.807) is 6.08 Å². The molecular formula is C17H18NO3S2-. The third kappa shape index (κ3) is 3.82. The second-order valence-corrected chi connectivity index (χ2v) is 8.09. The Kier molecular flexibility index (Phi) is 4.96. The van der Waals surface area contributed by atoms with E-state index in [-0.39, 0.29) is 9.74 Å². The molecule has 122 valence electrons. The lowest BCUT2D eigenvalue weighted by Gasteiger charge is -2.23. The molecular weight excluding hydrogens is 330 g/mol. The van der Waals surface area contributed by atoms with E-state index in [4.69, 9.17) is 12.2 Å². The number of nitrogens with zero attached hydrogens (tertiary/aromatic N) is 1. The van der Waals surface area contributed by atoms with Gasteiger partial charge in [-0.1, -0.05) is 69.0 Å². The molecule has 4 nitrogen and oxygen atoms in total. The second kappa shape index (κ2) is 6.45. The molecule has 1 atom stereocenters. The first-order chi connectivity index (χ1) is 10.6. The molecule has 1 fully saturated rings. The van der Waals surface area contributed by atoms with E-state index in [0.717, 1.165) is 22.2 Å². The van der Waals surface area contributed by atoms with Crippen LogP contribution in [0.5, 0.6) is 0 Å². The molecule has 1 aliphatic heterocycles. The van der Waals surface area contributed by atoms with Crippen molar-refractivity contribution in [1.82, 2.24) is 4.90 Å². The maximum absolute atomic E-state index is 12.4. The topological polar surface area (TPSA) is 60.4 Å². The van der Waals surface area contributed by atoms with Crippen molar-refractivity contribution in [3.63, 3.8) is 0 Å². The highest BCUT2D eigenvalue weighted by molar-refractivity contribution is 8.26. The molecule has 0 aromatic heterocycles. The highest BCUT2D eigenvalue weighted by Crippen LogP contribution is 2.34. The van der Waals surface area contributed by atoms with Crippen molar-refractivity contribution in [2.24, 2.45) is 0 Å². The van der Waals surface area contributed by atoms with Gasteiger partial charge in [0.05, 0.1) is 16.9 Å². The lowest BCUT2D eigenvalue weighted by molar-refractivity contribution is -0.309. The van der Waals surface area contributed by atoms with E-state index in [1.807, 2.05) is 24.3 Å². The maximum atomic E-state index is 12.4. The van der Waals surface area contributed by atoms with Crippen LogP contribution >= 0.6 is 24.0 Å². The number of carbonyl (C=O) groups excluding carboxylic acids is 2. The summed E-state index contributed by atoms with van der Waals surface area (Å²) in [6.07, 6.45) is 1.73. The Morgan fingerprint density at radius 3 is 2.35 bits per heavy atom. The zero-order chi connectivity index (χ0) is 17.4. The zero-order valence-corrected chi connectivity index (χ0v) is 15.1. The van der Waals surface area contributed by atoms with Gasteiger partial charge >= 0.3 is 0 Å². The molecule has 0 bridgehead atoms. The van der Waals surface area contributed by atoms with E-state index >= 15 is 0 Å². The molecule has 0 N–H and O–H groups in total. The number of carbonyl (C=O) groups is 2. The normalized spacial score (nSPS) is 18.6. The van der Waals surface area contributed by atoms with Gasteiger partial charge in [0.2, 0.25) is 0 Å². The summed E-state index contributed by atoms with van der Waals surface area (Å²) in [5, 5.41) is 11.0. The molecule has 0 aliphatic carbocycles. The average molecular weight is 348 g/mol. The molecule has 6 heteroatoms. The van der Waals surface area contributed by atoms with Crippen LogP contribution < -0.4 is 5.11 Å². The van der Waals surface area contributed by atoms with Gasteiger partial charge in [-0.15, -0.1) is 0 Å². The van der Waals surface area contributed by atoms with Crippen LogP contribution in [-0.2, 0) is 15.0 Å². The fourth-order valence-corrected chi connectivity index (χ4v) is 3.57. The van der Waals surface area contributed by atoms with E-state index in [2.05, 4.69) is 20.8 Å². The van der Waals surface area contributed by atoms with Gasteiger partial charge in [-0.05, 0) is 29.5 Å². The number of hydrogen-bond donors (Lipinski definition) is 0. The molecule has 1 aromatic rings. The van der Waals surface area contributed by atoms with Crippen molar-refractivity contribution < 1.29 is 14.7 Å². The quantitative estimate of drug-likeness (QED) is 0.620. The summed E-state index contributed by atoms with van der Waals surface area (Å²) in [6, 6.07) is 6.86. The van der Waals surface area contributed by atoms with Crippen molar-refractivity contribution in [3.05, 3.63) is 40.3 Å². The molecule has 0 radical (unpaired) electrons. The molecule has 1 heterocycles. The number of hydrogen-bond acceptors (Lipinski definition) is 5. The molecule has 1 amide bonds. The number of benzene rings is 1. The van der Waals surface area contributed by atoms with E-state index in [1.165, 1.54) is 12.5 Å². The van der Waals surface area contributed by atoms with Gasteiger partial charge < -0.3 is 9.90 Å². The molecule has 1 saturated heterocycles. The number of rotatable bonds is 3. The minimum absolute atomic E-state index is 0.0614. The minimum atomic E-state index is -1.32. The van der Waals surface area contributed by atoms with E-state index in [0.29, 0.717) is 4.91 Å². The summed E-state index contributed by atoms with van der Waals surface area (Å²) in [5.41, 5.74) is 2.14. The van der Waals surface area contributed by atoms with Crippen LogP contribution in [0.1, 0.15) is 38.8 Å². The second-order valence-electron chi connectivity index (χ2n) is 6.42. The van der Waals surface area contributed by atoms with Crippen molar-refractivity contribution in [2.45, 2.75) is 39.2 Å². The Morgan fingerprint density at radius 1 is 1.30 bits per heavy atom. The minimum Gasteiger partial charge on any atom is -0.548 e. The van der Waals surface area contributed by atoms with Gasteiger partial charge in [0, 0.05) is 0 Å². The monoisotopic (exact) mass is 348 g/mol. The first kappa shape index (κ1) is 17.7. The van der Waals surface area contributed by atoms with Gasteiger partial charge in [-0.25, -0.2) is 0 Å². The smallest absolute Gasteiger partial charge is 0.266 e. The summed E-state index contributed by atoms with van der Waals surface area (Å²) in [7, 11) is 0. The highest BCUT2D eigenvalue weighted by atomic mass is 32.2. The van der Waals surface area contributed by atoms with Gasteiger partial charge in [-0.3, -0.25) is 9.69 Å².